The summed E-state index contributed by atoms with van der Waals surface area (Å²) in [6.07, 6.45) is -22.2. The van der Waals surface area contributed by atoms with Gasteiger partial charge in [0.25, 0.3) is 26.8 Å². The zero-order valence-corrected chi connectivity index (χ0v) is 71.5. The first kappa shape index (κ1) is 90.0. The molecule has 0 radical (unpaired) electrons. The molecule has 27 atom stereocenters. The van der Waals surface area contributed by atoms with Gasteiger partial charge in [0, 0.05) is 27.5 Å². The highest BCUT2D eigenvalue weighted by Gasteiger charge is 2.70. The number of hydrogen-bond donors (Lipinski definition) is 9. The molecule has 16 heterocycles. The third-order valence-electron chi connectivity index (χ3n) is 22.1. The molecule has 4 bridgehead atoms. The summed E-state index contributed by atoms with van der Waals surface area (Å²) in [5.41, 5.74) is 25.2. The van der Waals surface area contributed by atoms with Gasteiger partial charge in [-0.2, -0.15) is 9.97 Å². The SMILES string of the molecule is CC[C@]12O[C@@H](n3cnc4c(N)ncnc43)C(O[C@H]1C)[C@H]2OP(=O)([O-])OC[C@]12O[C@@H](n3cnc4c(=O)[nH]c(N)nc43)C(O[C@H]1C)[C@H]2OP(=O)([O-])OC[C@H]1O[C@@H](n2cnc3c(=O)[nH]c(N)nc32)C(OCCOC)[C@H]1OP([O-])(=S)OC[C@H]1O[C@@H](n2cnc3c(N)ncnc32)C(OCCOC)[C@H]1OP(=O)([S-])OC[C@H]1O[C@@H](N2C=C(C)C(N)NC2=O)C(OCCOC)[C@H]1O. The minimum atomic E-state index is -6.04. The fourth-order valence-corrected chi connectivity index (χ4v) is 21.0. The van der Waals surface area contributed by atoms with E-state index in [1.807, 2.05) is 0 Å². The zero-order valence-electron chi connectivity index (χ0n) is 66.3. The number of nitrogen functional groups attached to an aromatic ring is 4. The number of aromatic amines is 2. The Labute approximate surface area is 709 Å². The number of nitrogens with two attached hydrogens (primary N) is 5. The Balaban J connectivity index is 0.689. The maximum absolute atomic E-state index is 15.5. The number of H-pyrrole nitrogens is 2. The predicted octanol–water partition coefficient (Wildman–Crippen LogP) is -3.25. The topological polar surface area (TPSA) is 711 Å². The molecule has 10 unspecified atom stereocenters. The summed E-state index contributed by atoms with van der Waals surface area (Å²) in [6, 6.07) is -0.707. The van der Waals surface area contributed by atoms with Crippen molar-refractivity contribution in [2.45, 2.75) is 174 Å². The number of hydrogen-bond acceptors (Lipinski definition) is 48. The third-order valence-corrected chi connectivity index (χ3v) is 27.1. The van der Waals surface area contributed by atoms with Gasteiger partial charge >= 0.3 is 6.03 Å². The molecule has 14 N–H and O–H groups in total. The van der Waals surface area contributed by atoms with Crippen LogP contribution in [0.4, 0.5) is 28.3 Å². The first-order chi connectivity index (χ1) is 59.1. The first-order valence-corrected chi connectivity index (χ1v) is 46.2. The molecule has 0 aliphatic carbocycles. The van der Waals surface area contributed by atoms with Crippen LogP contribution in [0.25, 0.3) is 44.7 Å². The van der Waals surface area contributed by atoms with E-state index in [9.17, 15) is 33.5 Å². The Morgan fingerprint density at radius 1 is 0.548 bits per heavy atom. The average Bonchev–Trinajstić information content (AvgIpc) is 1.55. The Morgan fingerprint density at radius 2 is 0.992 bits per heavy atom. The van der Waals surface area contributed by atoms with Crippen LogP contribution in [0.2, 0.25) is 0 Å². The van der Waals surface area contributed by atoms with E-state index in [0.29, 0.717) is 5.57 Å². The van der Waals surface area contributed by atoms with Crippen LogP contribution in [0.3, 0.4) is 0 Å². The van der Waals surface area contributed by atoms with E-state index in [2.05, 4.69) is 65.1 Å². The van der Waals surface area contributed by atoms with Crippen molar-refractivity contribution in [3.05, 3.63) is 70.4 Å². The second-order valence-electron chi connectivity index (χ2n) is 29.5. The fraction of sp³-hybridized carbons (Fsp3) is 0.641. The highest BCUT2D eigenvalue weighted by Crippen LogP contribution is 2.61. The number of phosphoric ester groups is 2. The van der Waals surface area contributed by atoms with Gasteiger partial charge in [-0.3, -0.25) is 56.4 Å². The van der Waals surface area contributed by atoms with Gasteiger partial charge < -0.3 is 164 Å². The largest absolute Gasteiger partial charge is 0.780 e. The number of nitrogens with one attached hydrogen (secondary N) is 3. The van der Waals surface area contributed by atoms with Crippen molar-refractivity contribution in [2.24, 2.45) is 5.73 Å². The number of amides is 2. The molecule has 16 rings (SSSR count). The molecule has 8 aliphatic rings. The number of rotatable bonds is 38. The molecule has 0 spiro atoms. The van der Waals surface area contributed by atoms with Crippen LogP contribution in [0.5, 0.6) is 0 Å². The van der Waals surface area contributed by atoms with Gasteiger partial charge in [0.15, 0.2) is 83.2 Å². The molecule has 8 aliphatic heterocycles. The van der Waals surface area contributed by atoms with Gasteiger partial charge in [-0.15, -0.1) is 0 Å². The molecular formula is C64H85N23O31P4S2-4. The minimum absolute atomic E-state index is 0.0546. The second-order valence-corrected chi connectivity index (χ2v) is 37.6. The predicted molar refractivity (Wildman–Crippen MR) is 416 cm³/mol. The quantitative estimate of drug-likeness (QED) is 0.0104. The van der Waals surface area contributed by atoms with E-state index in [4.69, 9.17) is 150 Å². The molecule has 124 heavy (non-hydrogen) atoms. The van der Waals surface area contributed by atoms with Crippen LogP contribution in [-0.4, -0.2) is 297 Å². The number of phosphoric acid groups is 2. The van der Waals surface area contributed by atoms with Crippen molar-refractivity contribution in [3.8, 4) is 0 Å². The van der Waals surface area contributed by atoms with Crippen LogP contribution in [0.1, 0.15) is 59.0 Å². The summed E-state index contributed by atoms with van der Waals surface area (Å²) in [5.74, 6) is -0.777. The summed E-state index contributed by atoms with van der Waals surface area (Å²) in [5, 5.41) is 14.4. The highest BCUT2D eigenvalue weighted by molar-refractivity contribution is 8.32. The normalized spacial score (nSPS) is 33.7. The van der Waals surface area contributed by atoms with E-state index in [-0.39, 0.29) is 108 Å². The van der Waals surface area contributed by atoms with Crippen LogP contribution in [0, 0.1) is 0 Å². The summed E-state index contributed by atoms with van der Waals surface area (Å²) in [7, 11) is -7.59. The maximum Gasteiger partial charge on any atom is 0.325 e. The van der Waals surface area contributed by atoms with Gasteiger partial charge in [-0.05, 0) is 32.8 Å². The molecule has 8 aromatic heterocycles. The lowest BCUT2D eigenvalue weighted by Crippen LogP contribution is -2.57. The number of imidazole rings is 4. The maximum atomic E-state index is 15.5. The van der Waals surface area contributed by atoms with Gasteiger partial charge in [0.05, 0.1) is 104 Å². The van der Waals surface area contributed by atoms with E-state index >= 15 is 14.4 Å². The van der Waals surface area contributed by atoms with Crippen molar-refractivity contribution < 1.29 is 136 Å². The lowest BCUT2D eigenvalue weighted by atomic mass is 9.91. The Morgan fingerprint density at radius 3 is 1.52 bits per heavy atom. The molecule has 0 saturated carbocycles. The Hall–Kier alpha value is -7.34. The minimum Gasteiger partial charge on any atom is -0.780 e. The van der Waals surface area contributed by atoms with E-state index in [1.54, 1.807) is 20.8 Å². The van der Waals surface area contributed by atoms with Crippen LogP contribution < -0.4 is 59.8 Å². The van der Waals surface area contributed by atoms with E-state index < -0.39 is 219 Å². The number of nitrogens with zero attached hydrogens (tertiary/aromatic N) is 15. The number of methoxy groups -OCH3 is 3. The molecule has 7 fully saturated rings. The monoisotopic (exact) mass is 1860 g/mol. The van der Waals surface area contributed by atoms with Crippen molar-refractivity contribution in [2.75, 3.05) is 110 Å². The number of aliphatic hydroxyl groups excluding tert-OH is 1. The molecular weight excluding hydrogens is 1770 g/mol. The molecule has 8 aromatic rings. The number of urea groups is 1. The van der Waals surface area contributed by atoms with Gasteiger partial charge in [-0.1, -0.05) is 18.7 Å². The fourth-order valence-electron chi connectivity index (χ4n) is 16.2. The summed E-state index contributed by atoms with van der Waals surface area (Å²) in [6.45, 7) is -8.71. The standard InChI is InChI=1S/C64H89N23O31P4S2/c1-8-63-27(3)108-42(58(113-63)85-23-75-33-48(67)71-21-73-50(33)85)44(63)117-120(94,95)107-19-64-28(4)109-43(59(114-64)87-25-77-35-52(87)80-61(69)82-54(35)90)45(64)118-119(92,93)104-17-30-37(41(103-14-11-100-7)57(111-30)86-24-76-34-51(86)79-60(68)81-53(34)89)115-122(97,124)106-18-31-38(40(102-13-10-99-6)56(112-31)84-22-74-32-47(66)70-20-72-49(32)84)116-121(96,123)105-16-29-36(88)39(101-12-9-98-5)55(110-29)83-15-26(2)46(65)78-62(83)91/h15,20-25,27-31,36-46,55-59,88H,8-14,16-19,65H2,1-7H3,(H,78,91)(H,92,93)(H,94,95)(H,96,123)(H,97,124)(H2,66,70,72)(H2,67,71,73)(H3,68,79,81,89)(H3,69,80,82,90)/p-4/t27-,28-,29+,30+,31+,36-,37-,38-,39?,40?,41?,42?,43?,44+,45+,46?,55+,56+,57+,58+,59+,63-,64-,121?,122?/m0/s1. The van der Waals surface area contributed by atoms with Crippen molar-refractivity contribution in [3.63, 3.8) is 0 Å². The van der Waals surface area contributed by atoms with Crippen LogP contribution in [0.15, 0.2) is 59.3 Å². The second kappa shape index (κ2) is 35.6. The van der Waals surface area contributed by atoms with Crippen LogP contribution in [-0.2, 0) is 136 Å². The number of anilines is 4. The molecule has 678 valence electrons. The number of carbonyl (C=O) groups excluding carboxylic acids is 1. The first-order valence-electron chi connectivity index (χ1n) is 38.1. The van der Waals surface area contributed by atoms with E-state index in [1.165, 1.54) is 67.1 Å². The molecule has 60 heteroatoms. The Bertz CT molecular complexity index is 5650. The molecule has 0 aromatic carbocycles. The van der Waals surface area contributed by atoms with Crippen LogP contribution >= 0.6 is 29.2 Å². The Kier molecular flexibility index (Phi) is 25.8. The van der Waals surface area contributed by atoms with Crippen molar-refractivity contribution >= 4 is 127 Å². The van der Waals surface area contributed by atoms with Crippen molar-refractivity contribution in [1.29, 1.82) is 0 Å². The zero-order chi connectivity index (χ0) is 88.0. The summed E-state index contributed by atoms with van der Waals surface area (Å²) >= 11 is 11.3. The molecule has 7 saturated heterocycles. The number of fused-ring (bicyclic) bond motifs is 8. The average molecular weight is 1860 g/mol. The van der Waals surface area contributed by atoms with E-state index in [0.717, 1.165) is 28.4 Å². The number of ether oxygens (including phenoxy) is 13. The number of aromatic nitrogens is 16. The third kappa shape index (κ3) is 17.2. The van der Waals surface area contributed by atoms with Gasteiger partial charge in [0.1, 0.15) is 127 Å². The van der Waals surface area contributed by atoms with Crippen molar-refractivity contribution in [1.82, 2.24) is 88.3 Å². The molecule has 2 amide bonds. The van der Waals surface area contributed by atoms with Gasteiger partial charge in [0.2, 0.25) is 11.9 Å². The van der Waals surface area contributed by atoms with Gasteiger partial charge in [-0.25, -0.2) is 44.7 Å². The molecule has 54 nitrogen and oxygen atoms in total. The summed E-state index contributed by atoms with van der Waals surface area (Å²) in [4.78, 5) is 133. The smallest absolute Gasteiger partial charge is 0.325 e. The number of aliphatic hydroxyl groups is 1. The number of carbonyl (C=O) groups is 1. The summed E-state index contributed by atoms with van der Waals surface area (Å²) < 4.78 is 178. The highest BCUT2D eigenvalue weighted by atomic mass is 32.7. The lowest BCUT2D eigenvalue weighted by molar-refractivity contribution is -0.253. The lowest BCUT2D eigenvalue weighted by Gasteiger charge is -2.39.